The van der Waals surface area contributed by atoms with E-state index < -0.39 is 5.82 Å². The van der Waals surface area contributed by atoms with Gasteiger partial charge in [-0.3, -0.25) is 4.79 Å². The van der Waals surface area contributed by atoms with E-state index in [-0.39, 0.29) is 16.9 Å². The molecule has 0 saturated heterocycles. The molecule has 0 aliphatic heterocycles. The monoisotopic (exact) mass is 251 g/mol. The molecule has 1 heterocycles. The van der Waals surface area contributed by atoms with Crippen LogP contribution in [0.5, 0.6) is 0 Å². The highest BCUT2D eigenvalue weighted by Gasteiger charge is 2.37. The molecule has 2 rings (SSSR count). The Labute approximate surface area is 106 Å². The second-order valence-electron chi connectivity index (χ2n) is 5.07. The zero-order chi connectivity index (χ0) is 13.2. The predicted octanol–water partition coefficient (Wildman–Crippen LogP) is 2.18. The van der Waals surface area contributed by atoms with Crippen molar-refractivity contribution in [3.8, 4) is 0 Å². The predicted molar refractivity (Wildman–Crippen MR) is 68.0 cm³/mol. The molecule has 4 nitrogen and oxygen atoms in total. The zero-order valence-electron chi connectivity index (χ0n) is 10.7. The first-order chi connectivity index (χ1) is 8.54. The van der Waals surface area contributed by atoms with Crippen molar-refractivity contribution >= 4 is 11.7 Å². The molecule has 1 aromatic heterocycles. The first-order valence-corrected chi connectivity index (χ1v) is 6.22. The molecule has 2 N–H and O–H groups in total. The third kappa shape index (κ3) is 2.97. The lowest BCUT2D eigenvalue weighted by atomic mass is 10.1. The number of rotatable bonds is 5. The maximum atomic E-state index is 13.2. The highest BCUT2D eigenvalue weighted by molar-refractivity contribution is 5.98. The molecule has 5 heteroatoms. The summed E-state index contributed by atoms with van der Waals surface area (Å²) in [6.07, 6.45) is 3.38. The van der Waals surface area contributed by atoms with Crippen LogP contribution in [0.2, 0.25) is 0 Å². The summed E-state index contributed by atoms with van der Waals surface area (Å²) in [6, 6.07) is 1.22. The standard InChI is InChI=1S/C13H18FN3O/c1-3-15-11-10(6-9(14)7-16-11)12(18)17-8-13(2)4-5-13/h6-7H,3-5,8H2,1-2H3,(H,15,16)(H,17,18). The second kappa shape index (κ2) is 4.92. The van der Waals surface area contributed by atoms with E-state index >= 15 is 0 Å². The van der Waals surface area contributed by atoms with Crippen molar-refractivity contribution in [2.45, 2.75) is 26.7 Å². The molecule has 1 aromatic rings. The van der Waals surface area contributed by atoms with Crippen molar-refractivity contribution in [2.24, 2.45) is 5.41 Å². The smallest absolute Gasteiger partial charge is 0.255 e. The lowest BCUT2D eigenvalue weighted by Gasteiger charge is -2.12. The van der Waals surface area contributed by atoms with Gasteiger partial charge in [-0.1, -0.05) is 6.92 Å². The molecule has 0 bridgehead atoms. The van der Waals surface area contributed by atoms with Crippen molar-refractivity contribution in [1.29, 1.82) is 0 Å². The lowest BCUT2D eigenvalue weighted by molar-refractivity contribution is 0.0946. The van der Waals surface area contributed by atoms with Crippen molar-refractivity contribution in [2.75, 3.05) is 18.4 Å². The zero-order valence-corrected chi connectivity index (χ0v) is 10.7. The number of amides is 1. The molecule has 1 amide bonds. The number of carbonyl (C=O) groups excluding carboxylic acids is 1. The minimum Gasteiger partial charge on any atom is -0.370 e. The van der Waals surface area contributed by atoms with Crippen LogP contribution in [0.1, 0.15) is 37.0 Å². The van der Waals surface area contributed by atoms with Gasteiger partial charge in [-0.15, -0.1) is 0 Å². The van der Waals surface area contributed by atoms with Gasteiger partial charge in [0.15, 0.2) is 0 Å². The second-order valence-corrected chi connectivity index (χ2v) is 5.07. The van der Waals surface area contributed by atoms with Crippen molar-refractivity contribution in [1.82, 2.24) is 10.3 Å². The van der Waals surface area contributed by atoms with E-state index in [4.69, 9.17) is 0 Å². The minimum atomic E-state index is -0.501. The van der Waals surface area contributed by atoms with Crippen LogP contribution < -0.4 is 10.6 Å². The fourth-order valence-electron chi connectivity index (χ4n) is 1.70. The van der Waals surface area contributed by atoms with Crippen molar-refractivity contribution in [3.05, 3.63) is 23.6 Å². The van der Waals surface area contributed by atoms with Crippen molar-refractivity contribution in [3.63, 3.8) is 0 Å². The van der Waals surface area contributed by atoms with Gasteiger partial charge in [0.1, 0.15) is 11.6 Å². The number of hydrogen-bond donors (Lipinski definition) is 2. The number of aromatic nitrogens is 1. The van der Waals surface area contributed by atoms with Gasteiger partial charge >= 0.3 is 0 Å². The van der Waals surface area contributed by atoms with Gasteiger partial charge in [-0.2, -0.15) is 0 Å². The van der Waals surface area contributed by atoms with Crippen LogP contribution in [-0.2, 0) is 0 Å². The summed E-state index contributed by atoms with van der Waals surface area (Å²) in [5.74, 6) is -0.345. The highest BCUT2D eigenvalue weighted by atomic mass is 19.1. The molecule has 1 aliphatic carbocycles. The van der Waals surface area contributed by atoms with Gasteiger partial charge in [0, 0.05) is 13.1 Å². The number of hydrogen-bond acceptors (Lipinski definition) is 3. The van der Waals surface area contributed by atoms with E-state index in [9.17, 15) is 9.18 Å². The molecule has 0 atom stereocenters. The fraction of sp³-hybridized carbons (Fsp3) is 0.538. The number of nitrogens with zero attached hydrogens (tertiary/aromatic N) is 1. The molecule has 0 radical (unpaired) electrons. The largest absolute Gasteiger partial charge is 0.370 e. The molecule has 0 aromatic carbocycles. The molecule has 1 saturated carbocycles. The summed E-state index contributed by atoms with van der Waals surface area (Å²) in [4.78, 5) is 15.9. The summed E-state index contributed by atoms with van der Waals surface area (Å²) in [5, 5.41) is 5.80. The Morgan fingerprint density at radius 3 is 2.89 bits per heavy atom. The number of carbonyl (C=O) groups is 1. The average molecular weight is 251 g/mol. The van der Waals surface area contributed by atoms with E-state index in [2.05, 4.69) is 22.5 Å². The van der Waals surface area contributed by atoms with Gasteiger partial charge in [-0.25, -0.2) is 9.37 Å². The molecule has 0 spiro atoms. The van der Waals surface area contributed by atoms with Gasteiger partial charge < -0.3 is 10.6 Å². The van der Waals surface area contributed by atoms with Gasteiger partial charge in [0.05, 0.1) is 11.8 Å². The summed E-state index contributed by atoms with van der Waals surface area (Å²) in [5.41, 5.74) is 0.496. The van der Waals surface area contributed by atoms with Gasteiger partial charge in [0.25, 0.3) is 5.91 Å². The quantitative estimate of drug-likeness (QED) is 0.843. The maximum Gasteiger partial charge on any atom is 0.255 e. The van der Waals surface area contributed by atoms with Crippen LogP contribution in [0.15, 0.2) is 12.3 Å². The van der Waals surface area contributed by atoms with Crippen LogP contribution in [0, 0.1) is 11.2 Å². The van der Waals surface area contributed by atoms with E-state index in [1.165, 1.54) is 6.07 Å². The third-order valence-electron chi connectivity index (χ3n) is 3.22. The Bertz CT molecular complexity index is 458. The number of halogens is 1. The number of pyridine rings is 1. The number of anilines is 1. The SMILES string of the molecule is CCNc1ncc(F)cc1C(=O)NCC1(C)CC1. The van der Waals surface area contributed by atoms with Crippen molar-refractivity contribution < 1.29 is 9.18 Å². The van der Waals surface area contributed by atoms with Crippen LogP contribution in [0.4, 0.5) is 10.2 Å². The Kier molecular flexibility index (Phi) is 3.50. The lowest BCUT2D eigenvalue weighted by Crippen LogP contribution is -2.30. The average Bonchev–Trinajstić information content (AvgIpc) is 3.07. The molecule has 0 unspecified atom stereocenters. The van der Waals surface area contributed by atoms with E-state index in [0.717, 1.165) is 19.0 Å². The van der Waals surface area contributed by atoms with Gasteiger partial charge in [0.2, 0.25) is 0 Å². The normalized spacial score (nSPS) is 16.2. The molecule has 1 fully saturated rings. The van der Waals surface area contributed by atoms with E-state index in [1.54, 1.807) is 0 Å². The maximum absolute atomic E-state index is 13.2. The summed E-state index contributed by atoms with van der Waals surface area (Å²) in [7, 11) is 0. The molecule has 1 aliphatic rings. The summed E-state index contributed by atoms with van der Waals surface area (Å²) >= 11 is 0. The Balaban J connectivity index is 2.09. The van der Waals surface area contributed by atoms with Crippen LogP contribution >= 0.6 is 0 Å². The van der Waals surface area contributed by atoms with E-state index in [1.807, 2.05) is 6.92 Å². The van der Waals surface area contributed by atoms with Gasteiger partial charge in [-0.05, 0) is 31.2 Å². The molecular formula is C13H18FN3O. The third-order valence-corrected chi connectivity index (χ3v) is 3.22. The Morgan fingerprint density at radius 2 is 2.28 bits per heavy atom. The molecular weight excluding hydrogens is 233 g/mol. The summed E-state index contributed by atoms with van der Waals surface area (Å²) < 4.78 is 13.2. The molecule has 98 valence electrons. The first kappa shape index (κ1) is 12.8. The Morgan fingerprint density at radius 1 is 1.56 bits per heavy atom. The van der Waals surface area contributed by atoms with Crippen LogP contribution in [0.3, 0.4) is 0 Å². The number of nitrogens with one attached hydrogen (secondary N) is 2. The Hall–Kier alpha value is -1.65. The minimum absolute atomic E-state index is 0.231. The summed E-state index contributed by atoms with van der Waals surface area (Å²) in [6.45, 7) is 5.30. The highest BCUT2D eigenvalue weighted by Crippen LogP contribution is 2.44. The molecule has 18 heavy (non-hydrogen) atoms. The van der Waals surface area contributed by atoms with Crippen LogP contribution in [-0.4, -0.2) is 24.0 Å². The first-order valence-electron chi connectivity index (χ1n) is 6.22. The van der Waals surface area contributed by atoms with E-state index in [0.29, 0.717) is 18.9 Å². The van der Waals surface area contributed by atoms with Crippen LogP contribution in [0.25, 0.3) is 0 Å². The topological polar surface area (TPSA) is 54.0 Å². The fourth-order valence-corrected chi connectivity index (χ4v) is 1.70.